The number of thiazole rings is 1. The summed E-state index contributed by atoms with van der Waals surface area (Å²) in [6.07, 6.45) is 3.11. The summed E-state index contributed by atoms with van der Waals surface area (Å²) in [5.41, 5.74) is 2.31. The van der Waals surface area contributed by atoms with Crippen molar-refractivity contribution >= 4 is 32.6 Å². The molecule has 1 heterocycles. The molecule has 2 aromatic carbocycles. The van der Waals surface area contributed by atoms with Gasteiger partial charge < -0.3 is 10.6 Å². The first kappa shape index (κ1) is 17.4. The quantitative estimate of drug-likeness (QED) is 0.596. The molecule has 3 aromatic rings. The SMILES string of the molecule is CC(Nc1nc2ccccc2s1)C(=O)NCCCCc1ccccc1. The lowest BCUT2D eigenvalue weighted by atomic mass is 10.1. The van der Waals surface area contributed by atoms with Crippen LogP contribution in [0.3, 0.4) is 0 Å². The third-order valence-electron chi connectivity index (χ3n) is 4.06. The molecule has 130 valence electrons. The Balaban J connectivity index is 1.38. The summed E-state index contributed by atoms with van der Waals surface area (Å²) in [5.74, 6) is 0.0129. The molecule has 1 aromatic heterocycles. The molecule has 0 bridgehead atoms. The van der Waals surface area contributed by atoms with E-state index < -0.39 is 0 Å². The first-order valence-corrected chi connectivity index (χ1v) is 9.48. The average molecular weight is 353 g/mol. The fourth-order valence-corrected chi connectivity index (χ4v) is 3.60. The van der Waals surface area contributed by atoms with Gasteiger partial charge in [-0.25, -0.2) is 4.98 Å². The van der Waals surface area contributed by atoms with Gasteiger partial charge in [-0.1, -0.05) is 53.8 Å². The lowest BCUT2D eigenvalue weighted by Crippen LogP contribution is -2.38. The van der Waals surface area contributed by atoms with Crippen LogP contribution in [-0.4, -0.2) is 23.5 Å². The number of fused-ring (bicyclic) bond motifs is 1. The van der Waals surface area contributed by atoms with Crippen molar-refractivity contribution in [3.8, 4) is 0 Å². The average Bonchev–Trinajstić information content (AvgIpc) is 3.04. The highest BCUT2D eigenvalue weighted by atomic mass is 32.1. The number of carbonyl (C=O) groups excluding carboxylic acids is 1. The Bertz CT molecular complexity index is 783. The molecule has 0 radical (unpaired) electrons. The number of nitrogens with zero attached hydrogens (tertiary/aromatic N) is 1. The molecule has 4 nitrogen and oxygen atoms in total. The van der Waals surface area contributed by atoms with Gasteiger partial charge in [0.1, 0.15) is 6.04 Å². The molecule has 0 aliphatic rings. The van der Waals surface area contributed by atoms with Crippen molar-refractivity contribution in [2.75, 3.05) is 11.9 Å². The molecule has 1 amide bonds. The first-order valence-electron chi connectivity index (χ1n) is 8.66. The van der Waals surface area contributed by atoms with Gasteiger partial charge in [0.15, 0.2) is 5.13 Å². The lowest BCUT2D eigenvalue weighted by molar-refractivity contribution is -0.121. The van der Waals surface area contributed by atoms with Gasteiger partial charge >= 0.3 is 0 Å². The van der Waals surface area contributed by atoms with Crippen LogP contribution in [-0.2, 0) is 11.2 Å². The highest BCUT2D eigenvalue weighted by Crippen LogP contribution is 2.25. The number of aryl methyl sites for hydroxylation is 1. The van der Waals surface area contributed by atoms with E-state index in [9.17, 15) is 4.79 Å². The number of hydrogen-bond donors (Lipinski definition) is 2. The van der Waals surface area contributed by atoms with Crippen LogP contribution in [0.15, 0.2) is 54.6 Å². The van der Waals surface area contributed by atoms with Gasteiger partial charge in [0, 0.05) is 6.54 Å². The van der Waals surface area contributed by atoms with Crippen LogP contribution in [0.4, 0.5) is 5.13 Å². The zero-order valence-corrected chi connectivity index (χ0v) is 15.2. The predicted octanol–water partition coefficient (Wildman–Crippen LogP) is 4.24. The van der Waals surface area contributed by atoms with Crippen molar-refractivity contribution in [3.05, 3.63) is 60.2 Å². The van der Waals surface area contributed by atoms with Crippen LogP contribution in [0.5, 0.6) is 0 Å². The zero-order chi connectivity index (χ0) is 17.5. The summed E-state index contributed by atoms with van der Waals surface area (Å²) < 4.78 is 1.12. The summed E-state index contributed by atoms with van der Waals surface area (Å²) in [6, 6.07) is 18.1. The zero-order valence-electron chi connectivity index (χ0n) is 14.4. The molecule has 1 atom stereocenters. The molecule has 0 aliphatic heterocycles. The number of unbranched alkanes of at least 4 members (excludes halogenated alkanes) is 1. The molecule has 1 unspecified atom stereocenters. The number of benzene rings is 2. The van der Waals surface area contributed by atoms with Crippen LogP contribution >= 0.6 is 11.3 Å². The van der Waals surface area contributed by atoms with Gasteiger partial charge in [-0.05, 0) is 43.9 Å². The van der Waals surface area contributed by atoms with E-state index in [1.807, 2.05) is 37.3 Å². The van der Waals surface area contributed by atoms with Crippen molar-refractivity contribution in [2.24, 2.45) is 0 Å². The maximum atomic E-state index is 12.2. The van der Waals surface area contributed by atoms with E-state index >= 15 is 0 Å². The number of anilines is 1. The summed E-state index contributed by atoms with van der Waals surface area (Å²) >= 11 is 1.57. The van der Waals surface area contributed by atoms with Crippen molar-refractivity contribution in [3.63, 3.8) is 0 Å². The van der Waals surface area contributed by atoms with Crippen LogP contribution in [0.2, 0.25) is 0 Å². The Kier molecular flexibility index (Phi) is 6.01. The smallest absolute Gasteiger partial charge is 0.242 e. The van der Waals surface area contributed by atoms with Crippen molar-refractivity contribution in [2.45, 2.75) is 32.2 Å². The van der Waals surface area contributed by atoms with E-state index in [0.717, 1.165) is 34.6 Å². The number of aromatic nitrogens is 1. The standard InChI is InChI=1S/C20H23N3OS/c1-15(22-20-23-17-12-5-6-13-18(17)25-20)19(24)21-14-8-7-11-16-9-3-2-4-10-16/h2-6,9-10,12-13,15H,7-8,11,14H2,1H3,(H,21,24)(H,22,23). The second kappa shape index (κ2) is 8.62. The van der Waals surface area contributed by atoms with Crippen molar-refractivity contribution < 1.29 is 4.79 Å². The molecule has 0 spiro atoms. The van der Waals surface area contributed by atoms with Gasteiger partial charge in [-0.2, -0.15) is 0 Å². The highest BCUT2D eigenvalue weighted by Gasteiger charge is 2.14. The van der Waals surface area contributed by atoms with Gasteiger partial charge in [0.05, 0.1) is 10.2 Å². The second-order valence-corrected chi connectivity index (χ2v) is 7.12. The predicted molar refractivity (Wildman–Crippen MR) is 105 cm³/mol. The van der Waals surface area contributed by atoms with Crippen LogP contribution < -0.4 is 10.6 Å². The molecular formula is C20H23N3OS. The second-order valence-electron chi connectivity index (χ2n) is 6.09. The maximum absolute atomic E-state index is 12.2. The van der Waals surface area contributed by atoms with Gasteiger partial charge in [0.2, 0.25) is 5.91 Å². The van der Waals surface area contributed by atoms with Crippen LogP contribution in [0, 0.1) is 0 Å². The summed E-state index contributed by atoms with van der Waals surface area (Å²) in [4.78, 5) is 16.7. The number of rotatable bonds is 8. The monoisotopic (exact) mass is 353 g/mol. The van der Waals surface area contributed by atoms with Crippen molar-refractivity contribution in [1.29, 1.82) is 0 Å². The Morgan fingerprint density at radius 1 is 1.08 bits per heavy atom. The number of nitrogens with one attached hydrogen (secondary N) is 2. The molecule has 0 aliphatic carbocycles. The minimum Gasteiger partial charge on any atom is -0.354 e. The Morgan fingerprint density at radius 2 is 1.84 bits per heavy atom. The minimum atomic E-state index is -0.297. The van der Waals surface area contributed by atoms with E-state index in [4.69, 9.17) is 0 Å². The molecule has 25 heavy (non-hydrogen) atoms. The van der Waals surface area contributed by atoms with E-state index in [1.54, 1.807) is 11.3 Å². The summed E-state index contributed by atoms with van der Waals surface area (Å²) in [5, 5.41) is 6.98. The van der Waals surface area contributed by atoms with E-state index in [2.05, 4.69) is 39.9 Å². The van der Waals surface area contributed by atoms with Crippen LogP contribution in [0.1, 0.15) is 25.3 Å². The molecular weight excluding hydrogens is 330 g/mol. The van der Waals surface area contributed by atoms with E-state index in [0.29, 0.717) is 6.54 Å². The topological polar surface area (TPSA) is 54.0 Å². The summed E-state index contributed by atoms with van der Waals surface area (Å²) in [6.45, 7) is 2.57. The number of amides is 1. The van der Waals surface area contributed by atoms with Crippen molar-refractivity contribution in [1.82, 2.24) is 10.3 Å². The number of hydrogen-bond acceptors (Lipinski definition) is 4. The van der Waals surface area contributed by atoms with Gasteiger partial charge in [-0.15, -0.1) is 0 Å². The highest BCUT2D eigenvalue weighted by molar-refractivity contribution is 7.22. The fourth-order valence-electron chi connectivity index (χ4n) is 2.65. The first-order chi connectivity index (χ1) is 12.2. The maximum Gasteiger partial charge on any atom is 0.242 e. The lowest BCUT2D eigenvalue weighted by Gasteiger charge is -2.13. The van der Waals surface area contributed by atoms with Gasteiger partial charge in [0.25, 0.3) is 0 Å². The number of para-hydroxylation sites is 1. The summed E-state index contributed by atoms with van der Waals surface area (Å²) in [7, 11) is 0. The molecule has 5 heteroatoms. The van der Waals surface area contributed by atoms with E-state index in [1.165, 1.54) is 5.56 Å². The Labute approximate surface area is 152 Å². The fraction of sp³-hybridized carbons (Fsp3) is 0.300. The van der Waals surface area contributed by atoms with Gasteiger partial charge in [-0.3, -0.25) is 4.79 Å². The van der Waals surface area contributed by atoms with Crippen LogP contribution in [0.25, 0.3) is 10.2 Å². The van der Waals surface area contributed by atoms with E-state index in [-0.39, 0.29) is 11.9 Å². The Hall–Kier alpha value is -2.40. The minimum absolute atomic E-state index is 0.0129. The third-order valence-corrected chi connectivity index (χ3v) is 5.03. The largest absolute Gasteiger partial charge is 0.354 e. The molecule has 0 saturated heterocycles. The third kappa shape index (κ3) is 5.03. The Morgan fingerprint density at radius 3 is 2.64 bits per heavy atom. The molecule has 2 N–H and O–H groups in total. The molecule has 0 saturated carbocycles. The molecule has 3 rings (SSSR count). The normalized spacial score (nSPS) is 12.0. The molecule has 0 fully saturated rings. The number of carbonyl (C=O) groups is 1.